The first-order valence-corrected chi connectivity index (χ1v) is 23.9. The maximum absolute atomic E-state index is 11.7. The Morgan fingerprint density at radius 3 is 1.45 bits per heavy atom. The summed E-state index contributed by atoms with van der Waals surface area (Å²) in [6.45, 7) is 5.02. The number of hydrogen-bond donors (Lipinski definition) is 2. The molecule has 2 saturated carbocycles. The predicted octanol–water partition coefficient (Wildman–Crippen LogP) is 10.4. The molecule has 4 aliphatic rings. The van der Waals surface area contributed by atoms with Crippen LogP contribution in [0.4, 0.5) is 9.59 Å². The Labute approximate surface area is 404 Å². The maximum Gasteiger partial charge on any atom is 0.362 e. The summed E-state index contributed by atoms with van der Waals surface area (Å²) in [5.41, 5.74) is 4.70. The van der Waals surface area contributed by atoms with Gasteiger partial charge in [0.2, 0.25) is 0 Å². The Morgan fingerprint density at radius 2 is 1.01 bits per heavy atom. The van der Waals surface area contributed by atoms with Gasteiger partial charge in [-0.15, -0.1) is 0 Å². The molecule has 4 aromatic heterocycles. The first-order valence-electron chi connectivity index (χ1n) is 23.9. The molecule has 2 aromatic carbocycles. The number of nitrogens with zero attached hydrogens (tertiary/aromatic N) is 8. The molecular formula is C54H62N8O7. The smallest absolute Gasteiger partial charge is 0.362 e. The van der Waals surface area contributed by atoms with Crippen molar-refractivity contribution in [1.29, 1.82) is 0 Å². The van der Waals surface area contributed by atoms with Crippen molar-refractivity contribution in [3.05, 3.63) is 169 Å². The number of likely N-dealkylation sites (tertiary alicyclic amines) is 2. The second-order valence-electron chi connectivity index (χ2n) is 17.4. The van der Waals surface area contributed by atoms with Gasteiger partial charge in [0, 0.05) is 63.5 Å². The Kier molecular flexibility index (Phi) is 19.4. The molecule has 360 valence electrons. The summed E-state index contributed by atoms with van der Waals surface area (Å²) in [6, 6.07) is 30.7. The van der Waals surface area contributed by atoms with Crippen molar-refractivity contribution < 1.29 is 34.0 Å². The molecule has 0 bridgehead atoms. The fourth-order valence-electron chi connectivity index (χ4n) is 7.99. The molecule has 4 fully saturated rings. The van der Waals surface area contributed by atoms with Gasteiger partial charge in [-0.25, -0.2) is 9.59 Å². The Bertz CT molecular complexity index is 2430. The maximum atomic E-state index is 11.7. The van der Waals surface area contributed by atoms with Crippen LogP contribution in [0.3, 0.4) is 0 Å². The van der Waals surface area contributed by atoms with E-state index < -0.39 is 0 Å². The number of hydrogen-bond acceptors (Lipinski definition) is 11. The highest BCUT2D eigenvalue weighted by atomic mass is 16.5. The van der Waals surface area contributed by atoms with Gasteiger partial charge in [0.25, 0.3) is 0 Å². The molecule has 0 unspecified atom stereocenters. The second kappa shape index (κ2) is 26.9. The van der Waals surface area contributed by atoms with Crippen molar-refractivity contribution in [1.82, 2.24) is 29.7 Å². The Morgan fingerprint density at radius 1 is 0.536 bits per heavy atom. The number of aromatic nitrogens is 4. The van der Waals surface area contributed by atoms with Gasteiger partial charge in [0.15, 0.2) is 0 Å². The highest BCUT2D eigenvalue weighted by molar-refractivity contribution is 5.79. The SMILES string of the molecule is O=C(N=NC(=O)N1CCCCC1)N1CCCCC1.OC[C@H]1C[C@@H]1c1cncc(OCc2ccccc2)c1.Oc1cccnc1.c1ccc(COc2cncc([C@H]3C[C@@H]3COc3cccnc3)c2)cc1. The van der Waals surface area contributed by atoms with E-state index in [1.807, 2.05) is 79.1 Å². The van der Waals surface area contributed by atoms with Crippen LogP contribution in [-0.2, 0) is 13.2 Å². The number of carbonyl (C=O) groups is 2. The van der Waals surface area contributed by atoms with Gasteiger partial charge in [-0.2, -0.15) is 0 Å². The number of ether oxygens (including phenoxy) is 3. The van der Waals surface area contributed by atoms with Crippen LogP contribution in [0, 0.1) is 11.8 Å². The molecule has 6 aromatic rings. The quantitative estimate of drug-likeness (QED) is 0.111. The molecular weight excluding hydrogens is 873 g/mol. The zero-order chi connectivity index (χ0) is 47.9. The molecule has 2 aliphatic heterocycles. The summed E-state index contributed by atoms with van der Waals surface area (Å²) < 4.78 is 17.4. The monoisotopic (exact) mass is 934 g/mol. The lowest BCUT2D eigenvalue weighted by Crippen LogP contribution is -2.35. The summed E-state index contributed by atoms with van der Waals surface area (Å²) >= 11 is 0. The van der Waals surface area contributed by atoms with Crippen molar-refractivity contribution in [2.45, 2.75) is 76.4 Å². The van der Waals surface area contributed by atoms with Crippen LogP contribution >= 0.6 is 0 Å². The lowest BCUT2D eigenvalue weighted by molar-refractivity contribution is 0.187. The molecule has 2 aliphatic carbocycles. The highest BCUT2D eigenvalue weighted by Gasteiger charge is 2.39. The van der Waals surface area contributed by atoms with Gasteiger partial charge in [-0.1, -0.05) is 70.9 Å². The average Bonchev–Trinajstić information content (AvgIpc) is 4.37. The number of carbonyl (C=O) groups excluding carboxylic acids is 2. The topological polar surface area (TPSA) is 185 Å². The van der Waals surface area contributed by atoms with Crippen LogP contribution in [0.15, 0.2) is 157 Å². The number of aliphatic hydroxyl groups excluding tert-OH is 1. The van der Waals surface area contributed by atoms with E-state index in [0.29, 0.717) is 43.5 Å². The van der Waals surface area contributed by atoms with Crippen molar-refractivity contribution in [3.63, 3.8) is 0 Å². The van der Waals surface area contributed by atoms with E-state index in [0.717, 1.165) is 106 Å². The van der Waals surface area contributed by atoms with Gasteiger partial charge in [0.05, 0.1) is 31.4 Å². The van der Waals surface area contributed by atoms with E-state index in [1.54, 1.807) is 52.9 Å². The van der Waals surface area contributed by atoms with Crippen LogP contribution in [0.25, 0.3) is 0 Å². The molecule has 4 amide bonds. The molecule has 69 heavy (non-hydrogen) atoms. The predicted molar refractivity (Wildman–Crippen MR) is 261 cm³/mol. The third kappa shape index (κ3) is 17.1. The number of aromatic hydroxyl groups is 1. The molecule has 0 spiro atoms. The first-order chi connectivity index (χ1) is 33.9. The highest BCUT2D eigenvalue weighted by Crippen LogP contribution is 2.48. The lowest BCUT2D eigenvalue weighted by atomic mass is 10.1. The summed E-state index contributed by atoms with van der Waals surface area (Å²) in [5, 5.41) is 24.8. The van der Waals surface area contributed by atoms with Crippen molar-refractivity contribution in [2.75, 3.05) is 39.4 Å². The van der Waals surface area contributed by atoms with E-state index in [4.69, 9.17) is 24.4 Å². The second-order valence-corrected chi connectivity index (χ2v) is 17.4. The van der Waals surface area contributed by atoms with Gasteiger partial charge in [0.1, 0.15) is 36.2 Å². The minimum absolute atomic E-state index is 0.211. The molecule has 15 nitrogen and oxygen atoms in total. The molecule has 10 rings (SSSR count). The van der Waals surface area contributed by atoms with Gasteiger partial charge in [-0.3, -0.25) is 19.9 Å². The molecule has 4 atom stereocenters. The number of pyridine rings is 4. The van der Waals surface area contributed by atoms with Crippen LogP contribution < -0.4 is 14.2 Å². The number of azo groups is 1. The fourth-order valence-corrected chi connectivity index (χ4v) is 7.99. The lowest BCUT2D eigenvalue weighted by Gasteiger charge is -2.25. The van der Waals surface area contributed by atoms with E-state index in [1.165, 1.54) is 17.3 Å². The molecule has 2 saturated heterocycles. The average molecular weight is 935 g/mol. The van der Waals surface area contributed by atoms with Gasteiger partial charge < -0.3 is 34.2 Å². The van der Waals surface area contributed by atoms with Crippen LogP contribution in [-0.4, -0.2) is 91.4 Å². The summed E-state index contributed by atoms with van der Waals surface area (Å²) in [5.74, 6) is 4.55. The van der Waals surface area contributed by atoms with Crippen molar-refractivity contribution >= 4 is 12.1 Å². The van der Waals surface area contributed by atoms with Crippen LogP contribution in [0.1, 0.15) is 85.5 Å². The number of urea groups is 2. The van der Waals surface area contributed by atoms with Crippen LogP contribution in [0.5, 0.6) is 23.0 Å². The molecule has 0 radical (unpaired) electrons. The standard InChI is InChI=1S/C21H20N2O2.C16H17NO2.C12H20N4O2.C5H5NO/c1-2-5-16(6-3-1)14-24-20-9-17(11-23-13-20)21-10-18(21)15-25-19-7-4-8-22-12-19;18-10-14-7-16(14)13-6-15(9-17-8-13)19-11-12-4-2-1-3-5-12;17-11(15-7-3-1-4-8-15)13-14-12(18)16-9-5-2-6-10-16;7-5-2-1-3-6-4-5/h1-9,11-13,18,21H,10,14-15H2;1-6,8-9,14,16,18H,7,10-11H2;1-10H2;1-4,7H/t18-,21-;14-,16-;;/m11../s1. The molecule has 15 heteroatoms. The largest absolute Gasteiger partial charge is 0.506 e. The van der Waals surface area contributed by atoms with Gasteiger partial charge in [-0.05, 0) is 128 Å². The van der Waals surface area contributed by atoms with Gasteiger partial charge >= 0.3 is 12.1 Å². The van der Waals surface area contributed by atoms with Crippen LogP contribution in [0.2, 0.25) is 0 Å². The van der Waals surface area contributed by atoms with Crippen molar-refractivity contribution in [2.24, 2.45) is 22.1 Å². The third-order valence-electron chi connectivity index (χ3n) is 12.1. The first kappa shape index (κ1) is 49.6. The van der Waals surface area contributed by atoms with E-state index in [2.05, 4.69) is 48.4 Å². The number of rotatable bonds is 12. The summed E-state index contributed by atoms with van der Waals surface area (Å²) in [7, 11) is 0. The fraction of sp³-hybridized carbons (Fsp3) is 0.370. The minimum atomic E-state index is -0.375. The number of piperidine rings is 2. The normalized spacial score (nSPS) is 19.0. The third-order valence-corrected chi connectivity index (χ3v) is 12.1. The molecule has 2 N–H and O–H groups in total. The number of benzene rings is 2. The summed E-state index contributed by atoms with van der Waals surface area (Å²) in [4.78, 5) is 42.9. The van der Waals surface area contributed by atoms with E-state index in [9.17, 15) is 9.59 Å². The number of aliphatic hydroxyl groups is 1. The number of amides is 4. The summed E-state index contributed by atoms with van der Waals surface area (Å²) in [6.07, 6.45) is 22.4. The van der Waals surface area contributed by atoms with E-state index >= 15 is 0 Å². The zero-order valence-corrected chi connectivity index (χ0v) is 39.0. The van der Waals surface area contributed by atoms with Crippen molar-refractivity contribution in [3.8, 4) is 23.0 Å². The Hall–Kier alpha value is -7.26. The van der Waals surface area contributed by atoms with E-state index in [-0.39, 0.29) is 24.4 Å². The minimum Gasteiger partial charge on any atom is -0.506 e. The zero-order valence-electron chi connectivity index (χ0n) is 39.0. The molecule has 6 heterocycles. The Balaban J connectivity index is 0.000000145.